The highest BCUT2D eigenvalue weighted by Gasteiger charge is 2.24. The normalized spacial score (nSPS) is 11.6. The van der Waals surface area contributed by atoms with Crippen molar-refractivity contribution in [3.05, 3.63) is 29.8 Å². The fraction of sp³-hybridized carbons (Fsp3) is 0.462. The summed E-state index contributed by atoms with van der Waals surface area (Å²) < 4.78 is 30.3. The standard InChI is InChI=1S/C13H20N2O4S/c1-3-8-15(9-13(16)19-2)20(17,18)10-11-4-6-12(14)7-5-11/h4-7H,3,8-10,14H2,1-2H3. The van der Waals surface area contributed by atoms with Crippen LogP contribution in [0.3, 0.4) is 0 Å². The van der Waals surface area contributed by atoms with Gasteiger partial charge in [0.1, 0.15) is 6.54 Å². The fourth-order valence-electron chi connectivity index (χ4n) is 1.69. The van der Waals surface area contributed by atoms with E-state index in [0.29, 0.717) is 17.7 Å². The summed E-state index contributed by atoms with van der Waals surface area (Å²) >= 11 is 0. The number of sulfonamides is 1. The monoisotopic (exact) mass is 300 g/mol. The van der Waals surface area contributed by atoms with Crippen LogP contribution in [-0.2, 0) is 25.3 Å². The molecule has 0 unspecified atom stereocenters. The lowest BCUT2D eigenvalue weighted by atomic mass is 10.2. The molecule has 1 rings (SSSR count). The number of rotatable bonds is 7. The molecule has 0 atom stereocenters. The SMILES string of the molecule is CCCN(CC(=O)OC)S(=O)(=O)Cc1ccc(N)cc1. The first kappa shape index (κ1) is 16.5. The molecule has 1 aromatic carbocycles. The maximum Gasteiger partial charge on any atom is 0.321 e. The van der Waals surface area contributed by atoms with E-state index in [-0.39, 0.29) is 18.8 Å². The zero-order valence-corrected chi connectivity index (χ0v) is 12.5. The van der Waals surface area contributed by atoms with Gasteiger partial charge in [0, 0.05) is 12.2 Å². The number of carbonyl (C=O) groups excluding carboxylic acids is 1. The Bertz CT molecular complexity index is 540. The summed E-state index contributed by atoms with van der Waals surface area (Å²) in [7, 11) is -2.33. The first-order chi connectivity index (χ1) is 9.39. The first-order valence-electron chi connectivity index (χ1n) is 6.28. The number of nitrogen functional groups attached to an aromatic ring is 1. The molecule has 0 aliphatic carbocycles. The van der Waals surface area contributed by atoms with Crippen LogP contribution in [0.4, 0.5) is 5.69 Å². The third-order valence-corrected chi connectivity index (χ3v) is 4.52. The quantitative estimate of drug-likeness (QED) is 0.599. The van der Waals surface area contributed by atoms with E-state index < -0.39 is 16.0 Å². The molecule has 2 N–H and O–H groups in total. The molecule has 0 fully saturated rings. The second kappa shape index (κ2) is 7.25. The van der Waals surface area contributed by atoms with Crippen LogP contribution < -0.4 is 5.73 Å². The van der Waals surface area contributed by atoms with E-state index in [4.69, 9.17) is 5.73 Å². The number of anilines is 1. The molecular formula is C13H20N2O4S. The lowest BCUT2D eigenvalue weighted by molar-refractivity contribution is -0.140. The summed E-state index contributed by atoms with van der Waals surface area (Å²) in [6.45, 7) is 1.87. The van der Waals surface area contributed by atoms with Gasteiger partial charge in [0.2, 0.25) is 10.0 Å². The lowest BCUT2D eigenvalue weighted by Gasteiger charge is -2.20. The highest BCUT2D eigenvalue weighted by molar-refractivity contribution is 7.88. The van der Waals surface area contributed by atoms with Crippen LogP contribution in [0, 0.1) is 0 Å². The molecule has 0 saturated heterocycles. The molecule has 7 heteroatoms. The summed E-state index contributed by atoms with van der Waals surface area (Å²) in [5.41, 5.74) is 6.77. The Morgan fingerprint density at radius 3 is 2.40 bits per heavy atom. The van der Waals surface area contributed by atoms with E-state index in [1.165, 1.54) is 7.11 Å². The zero-order chi connectivity index (χ0) is 15.2. The third kappa shape index (κ3) is 4.82. The van der Waals surface area contributed by atoms with Gasteiger partial charge in [-0.15, -0.1) is 0 Å². The second-order valence-corrected chi connectivity index (χ2v) is 6.38. The first-order valence-corrected chi connectivity index (χ1v) is 7.89. The number of hydrogen-bond acceptors (Lipinski definition) is 5. The summed E-state index contributed by atoms with van der Waals surface area (Å²) in [6.07, 6.45) is 0.623. The number of methoxy groups -OCH3 is 1. The summed E-state index contributed by atoms with van der Waals surface area (Å²) in [5.74, 6) is -0.732. The molecule has 0 aliphatic heterocycles. The predicted octanol–water partition coefficient (Wildman–Crippen LogP) is 0.984. The summed E-state index contributed by atoms with van der Waals surface area (Å²) in [5, 5.41) is 0. The van der Waals surface area contributed by atoms with Gasteiger partial charge in [-0.2, -0.15) is 4.31 Å². The van der Waals surface area contributed by atoms with Crippen molar-refractivity contribution in [2.24, 2.45) is 0 Å². The number of hydrogen-bond donors (Lipinski definition) is 1. The van der Waals surface area contributed by atoms with Crippen LogP contribution >= 0.6 is 0 Å². The Balaban J connectivity index is 2.86. The molecule has 0 aromatic heterocycles. The third-order valence-electron chi connectivity index (χ3n) is 2.73. The largest absolute Gasteiger partial charge is 0.468 e. The number of carbonyl (C=O) groups is 1. The maximum absolute atomic E-state index is 12.3. The van der Waals surface area contributed by atoms with E-state index in [2.05, 4.69) is 4.74 Å². The minimum Gasteiger partial charge on any atom is -0.468 e. The molecule has 0 radical (unpaired) electrons. The molecular weight excluding hydrogens is 280 g/mol. The number of esters is 1. The molecule has 6 nitrogen and oxygen atoms in total. The average Bonchev–Trinajstić information content (AvgIpc) is 2.40. The van der Waals surface area contributed by atoms with Gasteiger partial charge in [0.25, 0.3) is 0 Å². The topological polar surface area (TPSA) is 89.7 Å². The van der Waals surface area contributed by atoms with Gasteiger partial charge < -0.3 is 10.5 Å². The molecule has 0 amide bonds. The van der Waals surface area contributed by atoms with Gasteiger partial charge in [0.15, 0.2) is 0 Å². The Labute approximate surface area is 119 Å². The van der Waals surface area contributed by atoms with Gasteiger partial charge in [-0.25, -0.2) is 8.42 Å². The van der Waals surface area contributed by atoms with Crippen molar-refractivity contribution >= 4 is 21.7 Å². The number of nitrogens with two attached hydrogens (primary N) is 1. The second-order valence-electron chi connectivity index (χ2n) is 4.41. The highest BCUT2D eigenvalue weighted by atomic mass is 32.2. The van der Waals surface area contributed by atoms with Crippen molar-refractivity contribution in [1.29, 1.82) is 0 Å². The average molecular weight is 300 g/mol. The van der Waals surface area contributed by atoms with Gasteiger partial charge in [-0.05, 0) is 24.1 Å². The molecule has 0 spiro atoms. The zero-order valence-electron chi connectivity index (χ0n) is 11.7. The van der Waals surface area contributed by atoms with Crippen molar-refractivity contribution < 1.29 is 17.9 Å². The molecule has 0 heterocycles. The lowest BCUT2D eigenvalue weighted by Crippen LogP contribution is -2.37. The number of nitrogens with zero attached hydrogens (tertiary/aromatic N) is 1. The van der Waals surface area contributed by atoms with Crippen LogP contribution in [0.2, 0.25) is 0 Å². The Morgan fingerprint density at radius 1 is 1.30 bits per heavy atom. The molecule has 112 valence electrons. The fourth-order valence-corrected chi connectivity index (χ4v) is 3.25. The van der Waals surface area contributed by atoms with Crippen LogP contribution in [0.5, 0.6) is 0 Å². The van der Waals surface area contributed by atoms with E-state index in [0.717, 1.165) is 4.31 Å². The van der Waals surface area contributed by atoms with Crippen LogP contribution in [0.1, 0.15) is 18.9 Å². The van der Waals surface area contributed by atoms with E-state index in [1.54, 1.807) is 24.3 Å². The van der Waals surface area contributed by atoms with Crippen LogP contribution in [-0.4, -0.2) is 38.9 Å². The summed E-state index contributed by atoms with van der Waals surface area (Å²) in [6, 6.07) is 6.62. The molecule has 1 aromatic rings. The van der Waals surface area contributed by atoms with Crippen molar-refractivity contribution in [3.63, 3.8) is 0 Å². The summed E-state index contributed by atoms with van der Waals surface area (Å²) in [4.78, 5) is 11.3. The van der Waals surface area contributed by atoms with E-state index >= 15 is 0 Å². The number of benzene rings is 1. The predicted molar refractivity (Wildman–Crippen MR) is 77.4 cm³/mol. The Hall–Kier alpha value is -1.60. The minimum absolute atomic E-state index is 0.162. The van der Waals surface area contributed by atoms with Crippen molar-refractivity contribution in [1.82, 2.24) is 4.31 Å². The van der Waals surface area contributed by atoms with Crippen molar-refractivity contribution in [2.75, 3.05) is 25.9 Å². The number of ether oxygens (including phenoxy) is 1. The molecule has 0 bridgehead atoms. The van der Waals surface area contributed by atoms with Crippen LogP contribution in [0.15, 0.2) is 24.3 Å². The maximum atomic E-state index is 12.3. The molecule has 0 aliphatic rings. The molecule has 0 saturated carbocycles. The van der Waals surface area contributed by atoms with Crippen molar-refractivity contribution in [2.45, 2.75) is 19.1 Å². The Morgan fingerprint density at radius 2 is 1.90 bits per heavy atom. The van der Waals surface area contributed by atoms with Crippen molar-refractivity contribution in [3.8, 4) is 0 Å². The minimum atomic E-state index is -3.56. The van der Waals surface area contributed by atoms with Gasteiger partial charge in [-0.3, -0.25) is 4.79 Å². The molecule has 20 heavy (non-hydrogen) atoms. The van der Waals surface area contributed by atoms with Crippen LogP contribution in [0.25, 0.3) is 0 Å². The van der Waals surface area contributed by atoms with Gasteiger partial charge in [-0.1, -0.05) is 19.1 Å². The van der Waals surface area contributed by atoms with Gasteiger partial charge in [0.05, 0.1) is 12.9 Å². The van der Waals surface area contributed by atoms with E-state index in [9.17, 15) is 13.2 Å². The highest BCUT2D eigenvalue weighted by Crippen LogP contribution is 2.13. The van der Waals surface area contributed by atoms with E-state index in [1.807, 2.05) is 6.92 Å². The smallest absolute Gasteiger partial charge is 0.321 e. The van der Waals surface area contributed by atoms with Gasteiger partial charge >= 0.3 is 5.97 Å². The Kier molecular flexibility index (Phi) is 5.97.